The van der Waals surface area contributed by atoms with Gasteiger partial charge in [-0.3, -0.25) is 35.9 Å². The Morgan fingerprint density at radius 2 is 0.884 bits per heavy atom. The van der Waals surface area contributed by atoms with Crippen molar-refractivity contribution in [2.75, 3.05) is 32.3 Å². The molecule has 18 heteroatoms. The number of benzene rings is 8. The molecule has 6 amide bonds. The molecule has 69 heavy (non-hydrogen) atoms. The van der Waals surface area contributed by atoms with E-state index in [1.165, 1.54) is 36.4 Å². The molecule has 0 saturated carbocycles. The quantitative estimate of drug-likeness (QED) is 0.0315. The predicted molar refractivity (Wildman–Crippen MR) is 258 cm³/mol. The van der Waals surface area contributed by atoms with E-state index in [4.69, 9.17) is 0 Å². The monoisotopic (exact) mass is 932 g/mol. The van der Waals surface area contributed by atoms with Crippen LogP contribution in [0.5, 0.6) is 11.5 Å². The standard InChI is InChI=1S/C51H39F3N8O7/c1-28-4-2-6-38(24-28)55-49(68)57-47(66)33-12-20-40-31(25-33)14-22-42(63)44(40)61-59-36-16-8-29(9-17-36)46(65)30-10-18-37(19-11-30)60-62-45-41-21-13-34(26-32(41)15-23-43(45)64)48(67)58-50(69)56-39-7-3-5-35(27-39)51(52,53)54/h2-27,59-64H,1H3,(H2,55,57,66,68)(H2,56,58,67,69). The fraction of sp³-hybridized carbons (Fsp3) is 0.0392. The summed E-state index contributed by atoms with van der Waals surface area (Å²) >= 11 is 0. The number of urea groups is 2. The number of aryl methyl sites for hydroxylation is 1. The Morgan fingerprint density at radius 1 is 0.449 bits per heavy atom. The zero-order valence-electron chi connectivity index (χ0n) is 36.1. The SMILES string of the molecule is Cc1cccc(NC(=O)NC(=O)c2ccc3c(NNc4ccc(C(=O)c5ccc(NNc6c(O)ccc7cc(C(=O)NC(=O)Nc8cccc(C(F)(F)F)c8)ccc67)cc5)cc4)c(O)ccc3c2)c1. The molecule has 8 aromatic carbocycles. The highest BCUT2D eigenvalue weighted by atomic mass is 19.4. The molecule has 0 bridgehead atoms. The van der Waals surface area contributed by atoms with Gasteiger partial charge in [-0.25, -0.2) is 9.59 Å². The van der Waals surface area contributed by atoms with Crippen LogP contribution < -0.4 is 43.0 Å². The van der Waals surface area contributed by atoms with E-state index in [2.05, 4.69) is 43.0 Å². The summed E-state index contributed by atoms with van der Waals surface area (Å²) in [5.74, 6) is -1.87. The van der Waals surface area contributed by atoms with Gasteiger partial charge in [-0.15, -0.1) is 0 Å². The van der Waals surface area contributed by atoms with Crippen molar-refractivity contribution >= 4 is 85.3 Å². The summed E-state index contributed by atoms with van der Waals surface area (Å²) in [5, 5.41) is 32.9. The van der Waals surface area contributed by atoms with Crippen LogP contribution in [0.4, 0.5) is 56.9 Å². The maximum absolute atomic E-state index is 13.4. The third-order valence-electron chi connectivity index (χ3n) is 10.7. The van der Waals surface area contributed by atoms with E-state index in [0.29, 0.717) is 55.4 Å². The van der Waals surface area contributed by atoms with Crippen molar-refractivity contribution in [3.8, 4) is 11.5 Å². The Balaban J connectivity index is 0.848. The number of carbonyl (C=O) groups is 5. The molecule has 10 N–H and O–H groups in total. The van der Waals surface area contributed by atoms with Gasteiger partial charge < -0.3 is 31.7 Å². The van der Waals surface area contributed by atoms with Gasteiger partial charge in [0.25, 0.3) is 11.8 Å². The molecule has 0 aliphatic carbocycles. The lowest BCUT2D eigenvalue weighted by atomic mass is 10.0. The fourth-order valence-electron chi connectivity index (χ4n) is 7.20. The molecule has 0 saturated heterocycles. The molecule has 0 fully saturated rings. The number of nitrogens with one attached hydrogen (secondary N) is 8. The van der Waals surface area contributed by atoms with Crippen LogP contribution >= 0.6 is 0 Å². The minimum atomic E-state index is -4.61. The van der Waals surface area contributed by atoms with Crippen molar-refractivity contribution in [1.29, 1.82) is 0 Å². The number of imide groups is 2. The smallest absolute Gasteiger partial charge is 0.416 e. The highest BCUT2D eigenvalue weighted by molar-refractivity contribution is 6.12. The number of anilines is 6. The Morgan fingerprint density at radius 3 is 1.33 bits per heavy atom. The van der Waals surface area contributed by atoms with Crippen LogP contribution in [0.2, 0.25) is 0 Å². The van der Waals surface area contributed by atoms with Crippen LogP contribution in [0.15, 0.2) is 158 Å². The highest BCUT2D eigenvalue weighted by Crippen LogP contribution is 2.35. The lowest BCUT2D eigenvalue weighted by Crippen LogP contribution is -2.34. The van der Waals surface area contributed by atoms with Gasteiger partial charge in [0.1, 0.15) is 22.9 Å². The summed E-state index contributed by atoms with van der Waals surface area (Å²) < 4.78 is 39.2. The molecule has 0 aromatic heterocycles. The molecule has 8 aromatic rings. The zero-order chi connectivity index (χ0) is 48.8. The summed E-state index contributed by atoms with van der Waals surface area (Å²) in [5.41, 5.74) is 15.1. The van der Waals surface area contributed by atoms with Crippen LogP contribution in [-0.4, -0.2) is 39.9 Å². The van der Waals surface area contributed by atoms with Crippen LogP contribution in [0.1, 0.15) is 47.8 Å². The average Bonchev–Trinajstić information content (AvgIpc) is 3.33. The van der Waals surface area contributed by atoms with E-state index >= 15 is 0 Å². The van der Waals surface area contributed by atoms with Crippen molar-refractivity contribution in [2.45, 2.75) is 13.1 Å². The Labute approximate surface area is 390 Å². The maximum Gasteiger partial charge on any atom is 0.416 e. The second-order valence-corrected chi connectivity index (χ2v) is 15.5. The zero-order valence-corrected chi connectivity index (χ0v) is 36.1. The van der Waals surface area contributed by atoms with E-state index in [1.54, 1.807) is 97.1 Å². The van der Waals surface area contributed by atoms with E-state index in [-0.39, 0.29) is 39.8 Å². The summed E-state index contributed by atoms with van der Waals surface area (Å²) in [7, 11) is 0. The van der Waals surface area contributed by atoms with E-state index in [0.717, 1.165) is 23.8 Å². The molecule has 0 aliphatic rings. The number of aromatic hydroxyl groups is 2. The number of hydrazine groups is 2. The first-order valence-electron chi connectivity index (χ1n) is 20.9. The number of alkyl halides is 3. The number of rotatable bonds is 12. The molecule has 0 atom stereocenters. The van der Waals surface area contributed by atoms with Gasteiger partial charge in [0, 0.05) is 44.4 Å². The number of amides is 6. The van der Waals surface area contributed by atoms with Gasteiger partial charge in [0.2, 0.25) is 0 Å². The predicted octanol–water partition coefficient (Wildman–Crippen LogP) is 10.8. The van der Waals surface area contributed by atoms with E-state index in [9.17, 15) is 47.4 Å². The van der Waals surface area contributed by atoms with Crippen molar-refractivity contribution in [2.24, 2.45) is 0 Å². The normalized spacial score (nSPS) is 11.0. The van der Waals surface area contributed by atoms with Gasteiger partial charge in [0.15, 0.2) is 5.78 Å². The highest BCUT2D eigenvalue weighted by Gasteiger charge is 2.30. The molecule has 15 nitrogen and oxygen atoms in total. The van der Waals surface area contributed by atoms with Gasteiger partial charge >= 0.3 is 18.2 Å². The minimum absolute atomic E-state index is 0.0664. The van der Waals surface area contributed by atoms with E-state index < -0.39 is 35.6 Å². The van der Waals surface area contributed by atoms with Crippen LogP contribution in [0, 0.1) is 6.92 Å². The number of hydrogen-bond acceptors (Lipinski definition) is 11. The second kappa shape index (κ2) is 19.5. The van der Waals surface area contributed by atoms with Crippen LogP contribution in [0.3, 0.4) is 0 Å². The van der Waals surface area contributed by atoms with Crippen molar-refractivity contribution in [3.63, 3.8) is 0 Å². The van der Waals surface area contributed by atoms with Crippen LogP contribution in [-0.2, 0) is 6.18 Å². The fourth-order valence-corrected chi connectivity index (χ4v) is 7.20. The summed E-state index contributed by atoms with van der Waals surface area (Å²) in [6.45, 7) is 1.88. The third kappa shape index (κ3) is 10.9. The summed E-state index contributed by atoms with van der Waals surface area (Å²) in [6, 6.07) is 37.9. The molecule has 0 heterocycles. The molecule has 8 rings (SSSR count). The van der Waals surface area contributed by atoms with Gasteiger partial charge in [0.05, 0.1) is 16.9 Å². The number of phenolic OH excluding ortho intramolecular Hbond substituents is 2. The summed E-state index contributed by atoms with van der Waals surface area (Å²) in [6.07, 6.45) is -4.61. The minimum Gasteiger partial charge on any atom is -0.506 e. The Hall–Kier alpha value is -9.58. The van der Waals surface area contributed by atoms with Gasteiger partial charge in [-0.1, -0.05) is 42.5 Å². The van der Waals surface area contributed by atoms with E-state index in [1.807, 2.05) is 13.0 Å². The molecular weight excluding hydrogens is 894 g/mol. The van der Waals surface area contributed by atoms with Gasteiger partial charge in [-0.2, -0.15) is 13.2 Å². The lowest BCUT2D eigenvalue weighted by Gasteiger charge is -2.15. The third-order valence-corrected chi connectivity index (χ3v) is 10.7. The number of ketones is 1. The maximum atomic E-state index is 13.4. The first-order valence-corrected chi connectivity index (χ1v) is 20.9. The van der Waals surface area contributed by atoms with Gasteiger partial charge in [-0.05, 0) is 139 Å². The van der Waals surface area contributed by atoms with Crippen molar-refractivity contribution < 1.29 is 47.4 Å². The topological polar surface area (TPSA) is 222 Å². The molecule has 346 valence electrons. The molecular formula is C51H39F3N8O7. The number of carbonyl (C=O) groups excluding carboxylic acids is 5. The molecule has 0 aliphatic heterocycles. The largest absolute Gasteiger partial charge is 0.506 e. The first-order chi connectivity index (χ1) is 33.1. The molecule has 0 radical (unpaired) electrons. The number of phenols is 2. The Kier molecular flexibility index (Phi) is 13.0. The molecule has 0 unspecified atom stereocenters. The summed E-state index contributed by atoms with van der Waals surface area (Å²) in [4.78, 5) is 64.1. The molecule has 0 spiro atoms. The first kappa shape index (κ1) is 46.0. The van der Waals surface area contributed by atoms with Crippen LogP contribution in [0.25, 0.3) is 21.5 Å². The number of hydrogen-bond donors (Lipinski definition) is 10. The number of fused-ring (bicyclic) bond motifs is 2. The van der Waals surface area contributed by atoms with Crippen molar-refractivity contribution in [3.05, 3.63) is 191 Å². The number of halogens is 3. The average molecular weight is 933 g/mol. The lowest BCUT2D eigenvalue weighted by molar-refractivity contribution is -0.137. The Bertz CT molecular complexity index is 3310. The van der Waals surface area contributed by atoms with Crippen molar-refractivity contribution in [1.82, 2.24) is 10.6 Å². The second-order valence-electron chi connectivity index (χ2n) is 15.5.